The number of rotatable bonds is 4. The van der Waals surface area contributed by atoms with E-state index in [1.165, 1.54) is 6.07 Å². The standard InChI is InChI=1S/C13H18ClN3O2/c1-15-10-3-5-11(6-4-10)16-12-7-2-9(14)8-13(12)17(18)19/h2,7-8,10-11,15-16H,3-6H2,1H3. The SMILES string of the molecule is CNC1CCC(Nc2ccc(Cl)cc2[N+](=O)[O-])CC1. The van der Waals surface area contributed by atoms with Crippen LogP contribution < -0.4 is 10.6 Å². The molecule has 1 aromatic rings. The van der Waals surface area contributed by atoms with E-state index in [4.69, 9.17) is 11.6 Å². The lowest BCUT2D eigenvalue weighted by Crippen LogP contribution is -2.35. The summed E-state index contributed by atoms with van der Waals surface area (Å²) in [6.07, 6.45) is 4.22. The predicted octanol–water partition coefficient (Wildman–Crippen LogP) is 3.19. The molecule has 0 radical (unpaired) electrons. The van der Waals surface area contributed by atoms with Crippen LogP contribution in [0.5, 0.6) is 0 Å². The fourth-order valence-corrected chi connectivity index (χ4v) is 2.69. The summed E-state index contributed by atoms with van der Waals surface area (Å²) in [5.74, 6) is 0. The zero-order chi connectivity index (χ0) is 13.8. The summed E-state index contributed by atoms with van der Waals surface area (Å²) in [4.78, 5) is 10.6. The molecule has 19 heavy (non-hydrogen) atoms. The Labute approximate surface area is 117 Å². The van der Waals surface area contributed by atoms with Gasteiger partial charge in [-0.2, -0.15) is 0 Å². The minimum atomic E-state index is -0.395. The van der Waals surface area contributed by atoms with Crippen LogP contribution in [0.2, 0.25) is 5.02 Å². The van der Waals surface area contributed by atoms with Gasteiger partial charge in [-0.05, 0) is 44.9 Å². The topological polar surface area (TPSA) is 67.2 Å². The predicted molar refractivity (Wildman–Crippen MR) is 76.8 cm³/mol. The Morgan fingerprint density at radius 1 is 1.26 bits per heavy atom. The first-order valence-corrected chi connectivity index (χ1v) is 6.85. The van der Waals surface area contributed by atoms with Crippen LogP contribution in [0.1, 0.15) is 25.7 Å². The van der Waals surface area contributed by atoms with Gasteiger partial charge in [-0.15, -0.1) is 0 Å². The van der Waals surface area contributed by atoms with Crippen molar-refractivity contribution in [2.75, 3.05) is 12.4 Å². The molecule has 1 saturated carbocycles. The first kappa shape index (κ1) is 14.1. The van der Waals surface area contributed by atoms with Gasteiger partial charge in [0.15, 0.2) is 0 Å². The fraction of sp³-hybridized carbons (Fsp3) is 0.538. The molecule has 1 fully saturated rings. The summed E-state index contributed by atoms with van der Waals surface area (Å²) in [6, 6.07) is 5.62. The second-order valence-electron chi connectivity index (χ2n) is 4.90. The number of anilines is 1. The summed E-state index contributed by atoms with van der Waals surface area (Å²) in [5.41, 5.74) is 0.602. The minimum Gasteiger partial charge on any atom is -0.377 e. The Morgan fingerprint density at radius 2 is 1.89 bits per heavy atom. The van der Waals surface area contributed by atoms with Gasteiger partial charge < -0.3 is 10.6 Å². The number of nitrogens with zero attached hydrogens (tertiary/aromatic N) is 1. The Bertz CT molecular complexity index is 459. The Balaban J connectivity index is 2.05. The van der Waals surface area contributed by atoms with Crippen molar-refractivity contribution in [3.05, 3.63) is 33.3 Å². The molecule has 0 heterocycles. The lowest BCUT2D eigenvalue weighted by Gasteiger charge is -2.29. The number of hydrogen-bond donors (Lipinski definition) is 2. The highest BCUT2D eigenvalue weighted by molar-refractivity contribution is 6.30. The molecule has 0 bridgehead atoms. The molecule has 1 aliphatic carbocycles. The average molecular weight is 284 g/mol. The third-order valence-corrected chi connectivity index (χ3v) is 3.89. The lowest BCUT2D eigenvalue weighted by molar-refractivity contribution is -0.384. The van der Waals surface area contributed by atoms with Crippen molar-refractivity contribution in [2.24, 2.45) is 0 Å². The normalized spacial score (nSPS) is 23.1. The highest BCUT2D eigenvalue weighted by Gasteiger charge is 2.22. The van der Waals surface area contributed by atoms with E-state index in [1.54, 1.807) is 12.1 Å². The second-order valence-corrected chi connectivity index (χ2v) is 5.34. The molecule has 104 valence electrons. The third kappa shape index (κ3) is 3.58. The molecule has 0 atom stereocenters. The van der Waals surface area contributed by atoms with E-state index in [2.05, 4.69) is 10.6 Å². The molecular weight excluding hydrogens is 266 g/mol. The first-order valence-electron chi connectivity index (χ1n) is 6.48. The van der Waals surface area contributed by atoms with Crippen molar-refractivity contribution in [3.63, 3.8) is 0 Å². The van der Waals surface area contributed by atoms with E-state index < -0.39 is 4.92 Å². The number of benzene rings is 1. The highest BCUT2D eigenvalue weighted by atomic mass is 35.5. The van der Waals surface area contributed by atoms with Crippen molar-refractivity contribution in [1.82, 2.24) is 5.32 Å². The average Bonchev–Trinajstić information content (AvgIpc) is 2.41. The van der Waals surface area contributed by atoms with E-state index in [0.717, 1.165) is 25.7 Å². The second kappa shape index (κ2) is 6.21. The largest absolute Gasteiger partial charge is 0.377 e. The van der Waals surface area contributed by atoms with Gasteiger partial charge >= 0.3 is 0 Å². The fourth-order valence-electron chi connectivity index (χ4n) is 2.52. The zero-order valence-electron chi connectivity index (χ0n) is 10.9. The summed E-state index contributed by atoms with van der Waals surface area (Å²) in [5, 5.41) is 17.9. The lowest BCUT2D eigenvalue weighted by atomic mass is 9.91. The van der Waals surface area contributed by atoms with Crippen LogP contribution in [0.25, 0.3) is 0 Å². The van der Waals surface area contributed by atoms with Crippen LogP contribution in [-0.4, -0.2) is 24.1 Å². The van der Waals surface area contributed by atoms with E-state index in [1.807, 2.05) is 7.05 Å². The monoisotopic (exact) mass is 283 g/mol. The van der Waals surface area contributed by atoms with Crippen molar-refractivity contribution in [3.8, 4) is 0 Å². The molecule has 1 aliphatic rings. The van der Waals surface area contributed by atoms with Crippen LogP contribution in [0.15, 0.2) is 18.2 Å². The third-order valence-electron chi connectivity index (χ3n) is 3.65. The number of nitrogens with one attached hydrogen (secondary N) is 2. The van der Waals surface area contributed by atoms with Gasteiger partial charge in [-0.1, -0.05) is 11.6 Å². The maximum atomic E-state index is 11.0. The molecule has 5 nitrogen and oxygen atoms in total. The molecule has 0 aromatic heterocycles. The van der Waals surface area contributed by atoms with E-state index >= 15 is 0 Å². The molecule has 1 aromatic carbocycles. The summed E-state index contributed by atoms with van der Waals surface area (Å²) in [6.45, 7) is 0. The molecule has 2 rings (SSSR count). The Hall–Kier alpha value is -1.33. The van der Waals surface area contributed by atoms with E-state index in [9.17, 15) is 10.1 Å². The molecule has 6 heteroatoms. The van der Waals surface area contributed by atoms with Gasteiger partial charge in [-0.3, -0.25) is 10.1 Å². The zero-order valence-corrected chi connectivity index (χ0v) is 11.6. The number of halogens is 1. The number of nitro groups is 1. The van der Waals surface area contributed by atoms with Crippen LogP contribution in [0.4, 0.5) is 11.4 Å². The Morgan fingerprint density at radius 3 is 2.47 bits per heavy atom. The summed E-state index contributed by atoms with van der Waals surface area (Å²) < 4.78 is 0. The molecule has 0 unspecified atom stereocenters. The van der Waals surface area contributed by atoms with Crippen LogP contribution in [0, 0.1) is 10.1 Å². The molecule has 0 spiro atoms. The Kier molecular flexibility index (Phi) is 4.61. The van der Waals surface area contributed by atoms with Gasteiger partial charge in [-0.25, -0.2) is 0 Å². The smallest absolute Gasteiger partial charge is 0.293 e. The van der Waals surface area contributed by atoms with Crippen molar-refractivity contribution < 1.29 is 4.92 Å². The van der Waals surface area contributed by atoms with Crippen molar-refractivity contribution >= 4 is 23.0 Å². The van der Waals surface area contributed by atoms with Gasteiger partial charge in [0, 0.05) is 23.2 Å². The van der Waals surface area contributed by atoms with Gasteiger partial charge in [0.05, 0.1) is 4.92 Å². The first-order chi connectivity index (χ1) is 9.10. The van der Waals surface area contributed by atoms with E-state index in [-0.39, 0.29) is 5.69 Å². The van der Waals surface area contributed by atoms with Gasteiger partial charge in [0.25, 0.3) is 5.69 Å². The molecule has 0 saturated heterocycles. The summed E-state index contributed by atoms with van der Waals surface area (Å²) >= 11 is 5.80. The number of nitro benzene ring substituents is 1. The number of hydrogen-bond acceptors (Lipinski definition) is 4. The quantitative estimate of drug-likeness (QED) is 0.658. The van der Waals surface area contributed by atoms with Crippen molar-refractivity contribution in [1.29, 1.82) is 0 Å². The van der Waals surface area contributed by atoms with Gasteiger partial charge in [0.2, 0.25) is 0 Å². The molecule has 0 amide bonds. The molecule has 2 N–H and O–H groups in total. The maximum Gasteiger partial charge on any atom is 0.293 e. The molecular formula is C13H18ClN3O2. The molecule has 0 aliphatic heterocycles. The van der Waals surface area contributed by atoms with Gasteiger partial charge in [0.1, 0.15) is 5.69 Å². The van der Waals surface area contributed by atoms with E-state index in [0.29, 0.717) is 22.8 Å². The van der Waals surface area contributed by atoms with Crippen LogP contribution >= 0.6 is 11.6 Å². The maximum absolute atomic E-state index is 11.0. The minimum absolute atomic E-state index is 0.0447. The van der Waals surface area contributed by atoms with Crippen LogP contribution in [-0.2, 0) is 0 Å². The van der Waals surface area contributed by atoms with Crippen LogP contribution in [0.3, 0.4) is 0 Å². The van der Waals surface area contributed by atoms with Crippen molar-refractivity contribution in [2.45, 2.75) is 37.8 Å². The summed E-state index contributed by atoms with van der Waals surface area (Å²) in [7, 11) is 1.97. The highest BCUT2D eigenvalue weighted by Crippen LogP contribution is 2.30.